The van der Waals surface area contributed by atoms with E-state index in [0.717, 1.165) is 11.3 Å². The van der Waals surface area contributed by atoms with Crippen LogP contribution in [-0.4, -0.2) is 34.1 Å². The highest BCUT2D eigenvalue weighted by Crippen LogP contribution is 2.10. The Morgan fingerprint density at radius 1 is 1.27 bits per heavy atom. The maximum atomic E-state index is 12.1. The summed E-state index contributed by atoms with van der Waals surface area (Å²) in [6, 6.07) is 16.4. The number of methoxy groups -OCH3 is 1. The summed E-state index contributed by atoms with van der Waals surface area (Å²) in [4.78, 5) is 12.1. The van der Waals surface area contributed by atoms with E-state index in [1.54, 1.807) is 25.5 Å². The van der Waals surface area contributed by atoms with E-state index in [-0.39, 0.29) is 12.5 Å². The second kappa shape index (κ2) is 8.21. The van der Waals surface area contributed by atoms with Crippen LogP contribution in [0.25, 0.3) is 0 Å². The molecular formula is C18H17N5O2S. The van der Waals surface area contributed by atoms with Crippen LogP contribution in [0.3, 0.4) is 0 Å². The number of aromatic amines is 1. The van der Waals surface area contributed by atoms with Crippen molar-refractivity contribution in [3.8, 4) is 5.75 Å². The molecule has 2 aromatic carbocycles. The first-order chi connectivity index (χ1) is 12.7. The van der Waals surface area contributed by atoms with Crippen LogP contribution in [-0.2, 0) is 6.54 Å². The highest BCUT2D eigenvalue weighted by Gasteiger charge is 2.09. The molecule has 0 radical (unpaired) electrons. The van der Waals surface area contributed by atoms with Gasteiger partial charge in [-0.1, -0.05) is 18.2 Å². The highest BCUT2D eigenvalue weighted by molar-refractivity contribution is 7.71. The molecule has 26 heavy (non-hydrogen) atoms. The topological polar surface area (TPSA) is 84.3 Å². The van der Waals surface area contributed by atoms with Gasteiger partial charge in [-0.05, 0) is 54.2 Å². The van der Waals surface area contributed by atoms with E-state index in [1.807, 2.05) is 42.5 Å². The first kappa shape index (κ1) is 17.6. The predicted octanol–water partition coefficient (Wildman–Crippen LogP) is 2.76. The van der Waals surface area contributed by atoms with E-state index in [0.29, 0.717) is 16.2 Å². The maximum Gasteiger partial charge on any atom is 0.251 e. The molecule has 0 aliphatic carbocycles. The van der Waals surface area contributed by atoms with Crippen molar-refractivity contribution in [3.63, 3.8) is 0 Å². The summed E-state index contributed by atoms with van der Waals surface area (Å²) in [6.07, 6.45) is 1.66. The molecule has 0 bridgehead atoms. The molecule has 0 saturated heterocycles. The molecular weight excluding hydrogens is 350 g/mol. The van der Waals surface area contributed by atoms with Gasteiger partial charge >= 0.3 is 0 Å². The first-order valence-corrected chi connectivity index (χ1v) is 8.26. The van der Waals surface area contributed by atoms with Crippen molar-refractivity contribution in [2.45, 2.75) is 6.54 Å². The first-order valence-electron chi connectivity index (χ1n) is 7.85. The van der Waals surface area contributed by atoms with E-state index < -0.39 is 0 Å². The zero-order chi connectivity index (χ0) is 18.4. The average molecular weight is 367 g/mol. The molecule has 132 valence electrons. The fourth-order valence-electron chi connectivity index (χ4n) is 2.22. The number of hydrogen-bond acceptors (Lipinski definition) is 5. The molecule has 0 unspecified atom stereocenters. The quantitative estimate of drug-likeness (QED) is 0.518. The van der Waals surface area contributed by atoms with Crippen molar-refractivity contribution in [1.82, 2.24) is 20.2 Å². The molecule has 2 N–H and O–H groups in total. The van der Waals surface area contributed by atoms with Gasteiger partial charge in [0.25, 0.3) is 5.91 Å². The number of carbonyl (C=O) groups excluding carboxylic acids is 1. The number of aromatic nitrogens is 3. The Hall–Kier alpha value is -3.26. The summed E-state index contributed by atoms with van der Waals surface area (Å²) >= 11 is 5.20. The van der Waals surface area contributed by atoms with Crippen molar-refractivity contribution in [2.24, 2.45) is 5.10 Å². The number of rotatable bonds is 6. The molecule has 0 aliphatic heterocycles. The van der Waals surface area contributed by atoms with Crippen LogP contribution >= 0.6 is 12.2 Å². The Kier molecular flexibility index (Phi) is 5.55. The summed E-state index contributed by atoms with van der Waals surface area (Å²) in [6.45, 7) is 0.195. The molecule has 3 aromatic rings. The van der Waals surface area contributed by atoms with Gasteiger partial charge in [-0.3, -0.25) is 9.89 Å². The zero-order valence-electron chi connectivity index (χ0n) is 14.0. The largest absolute Gasteiger partial charge is 0.497 e. The van der Waals surface area contributed by atoms with Crippen molar-refractivity contribution in [2.75, 3.05) is 7.11 Å². The zero-order valence-corrected chi connectivity index (χ0v) is 14.9. The number of ether oxygens (including phenoxy) is 1. The molecule has 1 amide bonds. The smallest absolute Gasteiger partial charge is 0.251 e. The minimum absolute atomic E-state index is 0.190. The lowest BCUT2D eigenvalue weighted by molar-refractivity contribution is 0.0949. The molecule has 8 heteroatoms. The van der Waals surface area contributed by atoms with Gasteiger partial charge in [-0.15, -0.1) is 0 Å². The van der Waals surface area contributed by atoms with E-state index in [1.165, 1.54) is 4.68 Å². The molecule has 1 heterocycles. The summed E-state index contributed by atoms with van der Waals surface area (Å²) in [5, 5.41) is 14.0. The third-order valence-electron chi connectivity index (χ3n) is 3.60. The second-order valence-electron chi connectivity index (χ2n) is 5.32. The van der Waals surface area contributed by atoms with E-state index in [4.69, 9.17) is 17.0 Å². The van der Waals surface area contributed by atoms with Crippen molar-refractivity contribution in [1.29, 1.82) is 0 Å². The fourth-order valence-corrected chi connectivity index (χ4v) is 2.42. The monoisotopic (exact) mass is 367 g/mol. The lowest BCUT2D eigenvalue weighted by Crippen LogP contribution is -2.24. The van der Waals surface area contributed by atoms with Crippen LogP contribution in [0.2, 0.25) is 0 Å². The SMILES string of the molecule is COc1ccc(/C=N/n2c(CNC(=O)c3ccccc3)n[nH]c2=S)cc1. The van der Waals surface area contributed by atoms with Gasteiger partial charge in [-0.2, -0.15) is 14.9 Å². The summed E-state index contributed by atoms with van der Waals surface area (Å²) in [7, 11) is 1.61. The van der Waals surface area contributed by atoms with Crippen LogP contribution in [0, 0.1) is 4.77 Å². The average Bonchev–Trinajstić information content (AvgIpc) is 3.05. The molecule has 3 rings (SSSR count). The fraction of sp³-hybridized carbons (Fsp3) is 0.111. The van der Waals surface area contributed by atoms with Crippen LogP contribution in [0.1, 0.15) is 21.7 Å². The Bertz CT molecular complexity index is 961. The Morgan fingerprint density at radius 3 is 2.69 bits per heavy atom. The van der Waals surface area contributed by atoms with Crippen LogP contribution in [0.5, 0.6) is 5.75 Å². The molecule has 0 atom stereocenters. The number of benzene rings is 2. The molecule has 0 spiro atoms. The lowest BCUT2D eigenvalue weighted by Gasteiger charge is -2.04. The van der Waals surface area contributed by atoms with Gasteiger partial charge in [0, 0.05) is 5.56 Å². The van der Waals surface area contributed by atoms with Crippen molar-refractivity contribution >= 4 is 24.3 Å². The van der Waals surface area contributed by atoms with Gasteiger partial charge in [0.2, 0.25) is 4.77 Å². The number of amides is 1. The van der Waals surface area contributed by atoms with Gasteiger partial charge in [0.15, 0.2) is 5.82 Å². The van der Waals surface area contributed by atoms with Crippen molar-refractivity contribution < 1.29 is 9.53 Å². The number of nitrogens with zero attached hydrogens (tertiary/aromatic N) is 3. The summed E-state index contributed by atoms with van der Waals surface area (Å²) in [5.74, 6) is 1.08. The molecule has 7 nitrogen and oxygen atoms in total. The van der Waals surface area contributed by atoms with Gasteiger partial charge in [0.1, 0.15) is 5.75 Å². The third-order valence-corrected chi connectivity index (χ3v) is 3.86. The molecule has 0 saturated carbocycles. The Labute approximate surface area is 155 Å². The van der Waals surface area contributed by atoms with E-state index in [2.05, 4.69) is 20.6 Å². The van der Waals surface area contributed by atoms with Crippen molar-refractivity contribution in [3.05, 3.63) is 76.3 Å². The van der Waals surface area contributed by atoms with Crippen LogP contribution in [0.4, 0.5) is 0 Å². The van der Waals surface area contributed by atoms with E-state index in [9.17, 15) is 4.79 Å². The third kappa shape index (κ3) is 4.22. The van der Waals surface area contributed by atoms with Gasteiger partial charge < -0.3 is 10.1 Å². The molecule has 0 fully saturated rings. The molecule has 0 aliphatic rings. The second-order valence-corrected chi connectivity index (χ2v) is 5.71. The lowest BCUT2D eigenvalue weighted by atomic mass is 10.2. The Balaban J connectivity index is 1.71. The number of carbonyl (C=O) groups is 1. The normalized spacial score (nSPS) is 10.8. The summed E-state index contributed by atoms with van der Waals surface area (Å²) in [5.41, 5.74) is 1.46. The van der Waals surface area contributed by atoms with Gasteiger partial charge in [0.05, 0.1) is 19.9 Å². The number of H-pyrrole nitrogens is 1. The number of hydrogen-bond donors (Lipinski definition) is 2. The minimum atomic E-state index is -0.190. The van der Waals surface area contributed by atoms with Gasteiger partial charge in [-0.25, -0.2) is 0 Å². The minimum Gasteiger partial charge on any atom is -0.497 e. The highest BCUT2D eigenvalue weighted by atomic mass is 32.1. The molecule has 1 aromatic heterocycles. The Morgan fingerprint density at radius 2 is 2.00 bits per heavy atom. The van der Waals surface area contributed by atoms with Crippen LogP contribution in [0.15, 0.2) is 59.7 Å². The van der Waals surface area contributed by atoms with E-state index >= 15 is 0 Å². The predicted molar refractivity (Wildman–Crippen MR) is 101 cm³/mol. The van der Waals surface area contributed by atoms with Crippen LogP contribution < -0.4 is 10.1 Å². The number of nitrogens with one attached hydrogen (secondary N) is 2. The maximum absolute atomic E-state index is 12.1. The standard InChI is InChI=1S/C18H17N5O2S/c1-25-15-9-7-13(8-10-15)11-20-23-16(21-22-18(23)26)12-19-17(24)14-5-3-2-4-6-14/h2-11H,12H2,1H3,(H,19,24)(H,22,26)/b20-11+. The summed E-state index contributed by atoms with van der Waals surface area (Å²) < 4.78 is 6.95.